The smallest absolute Gasteiger partial charge is 0.246 e. The Bertz CT molecular complexity index is 598. The van der Waals surface area contributed by atoms with Crippen molar-refractivity contribution in [3.8, 4) is 0 Å². The standard InChI is InChI=1S/C13H16F3NO3S/c14-10-4-11(15)13(12(16)5-10)21(19,20)17-6-8-2-1-3-9(8)7-18/h4-5,8-9,17-18H,1-3,6-7H2. The molecular formula is C13H16F3NO3S. The number of hydrogen-bond acceptors (Lipinski definition) is 3. The highest BCUT2D eigenvalue weighted by Crippen LogP contribution is 2.31. The Morgan fingerprint density at radius 1 is 1.14 bits per heavy atom. The average molecular weight is 323 g/mol. The number of aliphatic hydroxyl groups excluding tert-OH is 1. The highest BCUT2D eigenvalue weighted by molar-refractivity contribution is 7.89. The van der Waals surface area contributed by atoms with Crippen LogP contribution in [-0.2, 0) is 10.0 Å². The molecule has 0 amide bonds. The zero-order chi connectivity index (χ0) is 15.6. The van der Waals surface area contributed by atoms with Crippen LogP contribution in [0, 0.1) is 29.3 Å². The van der Waals surface area contributed by atoms with E-state index in [1.807, 2.05) is 0 Å². The van der Waals surface area contributed by atoms with Gasteiger partial charge in [0.25, 0.3) is 0 Å². The molecule has 1 aromatic rings. The fourth-order valence-electron chi connectivity index (χ4n) is 2.70. The van der Waals surface area contributed by atoms with Gasteiger partial charge in [-0.05, 0) is 24.7 Å². The first-order valence-corrected chi connectivity index (χ1v) is 8.08. The van der Waals surface area contributed by atoms with Gasteiger partial charge in [-0.25, -0.2) is 26.3 Å². The molecule has 118 valence electrons. The lowest BCUT2D eigenvalue weighted by Crippen LogP contribution is -2.32. The average Bonchev–Trinajstić information content (AvgIpc) is 2.82. The van der Waals surface area contributed by atoms with Crippen molar-refractivity contribution < 1.29 is 26.7 Å². The van der Waals surface area contributed by atoms with Crippen molar-refractivity contribution in [1.29, 1.82) is 0 Å². The molecule has 0 saturated heterocycles. The van der Waals surface area contributed by atoms with Crippen molar-refractivity contribution >= 4 is 10.0 Å². The lowest BCUT2D eigenvalue weighted by atomic mass is 9.97. The lowest BCUT2D eigenvalue weighted by molar-refractivity contribution is 0.195. The lowest BCUT2D eigenvalue weighted by Gasteiger charge is -2.18. The molecule has 0 spiro atoms. The Hall–Kier alpha value is -1.12. The zero-order valence-electron chi connectivity index (χ0n) is 11.2. The van der Waals surface area contributed by atoms with Gasteiger partial charge in [0.2, 0.25) is 10.0 Å². The number of hydrogen-bond donors (Lipinski definition) is 2. The quantitative estimate of drug-likeness (QED) is 0.868. The molecule has 1 aromatic carbocycles. The second-order valence-electron chi connectivity index (χ2n) is 5.18. The van der Waals surface area contributed by atoms with Crippen LogP contribution in [0.4, 0.5) is 13.2 Å². The van der Waals surface area contributed by atoms with Crippen LogP contribution in [0.1, 0.15) is 19.3 Å². The summed E-state index contributed by atoms with van der Waals surface area (Å²) in [5, 5.41) is 9.16. The van der Waals surface area contributed by atoms with Crippen molar-refractivity contribution in [3.63, 3.8) is 0 Å². The summed E-state index contributed by atoms with van der Waals surface area (Å²) in [7, 11) is -4.41. The molecule has 0 aliphatic heterocycles. The number of benzene rings is 1. The van der Waals surface area contributed by atoms with Crippen LogP contribution < -0.4 is 4.72 Å². The van der Waals surface area contributed by atoms with Gasteiger partial charge in [0.1, 0.15) is 17.5 Å². The Morgan fingerprint density at radius 3 is 2.29 bits per heavy atom. The second-order valence-corrected chi connectivity index (χ2v) is 6.89. The van der Waals surface area contributed by atoms with Crippen LogP contribution in [-0.4, -0.2) is 26.7 Å². The molecule has 1 fully saturated rings. The maximum atomic E-state index is 13.5. The minimum atomic E-state index is -4.41. The molecule has 0 radical (unpaired) electrons. The minimum absolute atomic E-state index is 0.0101. The fourth-order valence-corrected chi connectivity index (χ4v) is 3.91. The molecule has 2 N–H and O–H groups in total. The molecule has 21 heavy (non-hydrogen) atoms. The molecular weight excluding hydrogens is 307 g/mol. The first kappa shape index (κ1) is 16.3. The molecule has 0 bridgehead atoms. The topological polar surface area (TPSA) is 66.4 Å². The second kappa shape index (κ2) is 6.33. The third-order valence-electron chi connectivity index (χ3n) is 3.82. The largest absolute Gasteiger partial charge is 0.396 e. The van der Waals surface area contributed by atoms with Gasteiger partial charge < -0.3 is 5.11 Å². The molecule has 4 nitrogen and oxygen atoms in total. The number of nitrogens with one attached hydrogen (secondary N) is 1. The summed E-state index contributed by atoms with van der Waals surface area (Å²) >= 11 is 0. The van der Waals surface area contributed by atoms with Gasteiger partial charge in [0, 0.05) is 25.3 Å². The molecule has 1 saturated carbocycles. The summed E-state index contributed by atoms with van der Waals surface area (Å²) in [5.41, 5.74) is 0. The van der Waals surface area contributed by atoms with Crippen molar-refractivity contribution in [2.45, 2.75) is 24.2 Å². The van der Waals surface area contributed by atoms with E-state index in [4.69, 9.17) is 5.11 Å². The summed E-state index contributed by atoms with van der Waals surface area (Å²) in [6.07, 6.45) is 2.40. The molecule has 2 unspecified atom stereocenters. The van der Waals surface area contributed by atoms with Gasteiger partial charge >= 0.3 is 0 Å². The number of rotatable bonds is 5. The Labute approximate surface area is 121 Å². The molecule has 2 atom stereocenters. The van der Waals surface area contributed by atoms with Crippen LogP contribution in [0.5, 0.6) is 0 Å². The summed E-state index contributed by atoms with van der Waals surface area (Å²) in [6, 6.07) is 0.646. The van der Waals surface area contributed by atoms with E-state index >= 15 is 0 Å². The van der Waals surface area contributed by atoms with Crippen LogP contribution in [0.25, 0.3) is 0 Å². The predicted molar refractivity (Wildman–Crippen MR) is 69.4 cm³/mol. The van der Waals surface area contributed by atoms with E-state index < -0.39 is 32.4 Å². The fraction of sp³-hybridized carbons (Fsp3) is 0.538. The van der Waals surface area contributed by atoms with Gasteiger partial charge in [0.05, 0.1) is 0 Å². The Morgan fingerprint density at radius 2 is 1.71 bits per heavy atom. The molecule has 8 heteroatoms. The summed E-state index contributed by atoms with van der Waals surface area (Å²) < 4.78 is 65.9. The Balaban J connectivity index is 2.16. The van der Waals surface area contributed by atoms with E-state index in [-0.39, 0.29) is 25.0 Å². The molecule has 2 rings (SSSR count). The number of halogens is 3. The maximum Gasteiger partial charge on any atom is 0.246 e. The van der Waals surface area contributed by atoms with E-state index in [1.165, 1.54) is 0 Å². The van der Waals surface area contributed by atoms with Crippen LogP contribution in [0.2, 0.25) is 0 Å². The van der Waals surface area contributed by atoms with Crippen LogP contribution >= 0.6 is 0 Å². The predicted octanol–water partition coefficient (Wildman–Crippen LogP) is 1.79. The highest BCUT2D eigenvalue weighted by atomic mass is 32.2. The van der Waals surface area contributed by atoms with Gasteiger partial charge in [-0.2, -0.15) is 0 Å². The molecule has 1 aliphatic carbocycles. The normalized spacial score (nSPS) is 22.7. The van der Waals surface area contributed by atoms with E-state index in [0.717, 1.165) is 19.3 Å². The molecule has 1 aliphatic rings. The van der Waals surface area contributed by atoms with Crippen LogP contribution in [0.3, 0.4) is 0 Å². The van der Waals surface area contributed by atoms with E-state index in [9.17, 15) is 21.6 Å². The third-order valence-corrected chi connectivity index (χ3v) is 5.29. The summed E-state index contributed by atoms with van der Waals surface area (Å²) in [4.78, 5) is -1.18. The summed E-state index contributed by atoms with van der Waals surface area (Å²) in [6.45, 7) is -0.0600. The van der Waals surface area contributed by atoms with E-state index in [1.54, 1.807) is 0 Å². The molecule has 0 aromatic heterocycles. The van der Waals surface area contributed by atoms with Crippen molar-refractivity contribution in [2.75, 3.05) is 13.2 Å². The number of aliphatic hydroxyl groups is 1. The van der Waals surface area contributed by atoms with Gasteiger partial charge in [0.15, 0.2) is 4.90 Å². The van der Waals surface area contributed by atoms with Gasteiger partial charge in [-0.1, -0.05) is 6.42 Å². The first-order chi connectivity index (χ1) is 9.85. The summed E-state index contributed by atoms with van der Waals surface area (Å²) in [5.74, 6) is -4.21. The first-order valence-electron chi connectivity index (χ1n) is 6.60. The van der Waals surface area contributed by atoms with Crippen molar-refractivity contribution in [2.24, 2.45) is 11.8 Å². The van der Waals surface area contributed by atoms with Crippen molar-refractivity contribution in [3.05, 3.63) is 29.6 Å². The highest BCUT2D eigenvalue weighted by Gasteiger charge is 2.30. The van der Waals surface area contributed by atoms with Gasteiger partial charge in [-0.15, -0.1) is 0 Å². The van der Waals surface area contributed by atoms with Gasteiger partial charge in [-0.3, -0.25) is 0 Å². The van der Waals surface area contributed by atoms with Crippen molar-refractivity contribution in [1.82, 2.24) is 4.72 Å². The zero-order valence-corrected chi connectivity index (χ0v) is 12.0. The third kappa shape index (κ3) is 3.56. The molecule has 0 heterocycles. The van der Waals surface area contributed by atoms with E-state index in [0.29, 0.717) is 12.1 Å². The van der Waals surface area contributed by atoms with E-state index in [2.05, 4.69) is 4.72 Å². The SMILES string of the molecule is O=S(=O)(NCC1CCCC1CO)c1c(F)cc(F)cc1F. The Kier molecular flexibility index (Phi) is 4.90. The monoisotopic (exact) mass is 323 g/mol. The maximum absolute atomic E-state index is 13.5. The van der Waals surface area contributed by atoms with Crippen LogP contribution in [0.15, 0.2) is 17.0 Å². The number of sulfonamides is 1. The minimum Gasteiger partial charge on any atom is -0.396 e.